The van der Waals surface area contributed by atoms with E-state index in [1.54, 1.807) is 16.7 Å². The first-order valence-electron chi connectivity index (χ1n) is 6.91. The van der Waals surface area contributed by atoms with Gasteiger partial charge in [0.05, 0.1) is 12.5 Å². The van der Waals surface area contributed by atoms with Crippen molar-refractivity contribution in [2.24, 2.45) is 5.73 Å². The van der Waals surface area contributed by atoms with Crippen LogP contribution in [0.25, 0.3) is 0 Å². The number of fused-ring (bicyclic) bond motifs is 1. The van der Waals surface area contributed by atoms with Crippen LogP contribution in [0.3, 0.4) is 0 Å². The highest BCUT2D eigenvalue weighted by Gasteiger charge is 2.34. The average molecular weight is 308 g/mol. The van der Waals surface area contributed by atoms with Crippen molar-refractivity contribution in [3.63, 3.8) is 0 Å². The summed E-state index contributed by atoms with van der Waals surface area (Å²) in [6.45, 7) is 0.400. The van der Waals surface area contributed by atoms with Crippen LogP contribution in [0, 0.1) is 0 Å². The highest BCUT2D eigenvalue weighted by Crippen LogP contribution is 2.38. The number of benzene rings is 1. The Bertz CT molecular complexity index is 535. The number of hydrogen-bond acceptors (Lipinski definition) is 4. The molecule has 0 spiro atoms. The lowest BCUT2D eigenvalue weighted by Crippen LogP contribution is -2.43. The molecule has 0 aromatic heterocycles. The number of aliphatic carboxylic acids is 1. The molecule has 0 saturated carbocycles. The summed E-state index contributed by atoms with van der Waals surface area (Å²) in [4.78, 5) is 25.1. The second kappa shape index (κ2) is 6.95. The zero-order valence-corrected chi connectivity index (χ0v) is 12.8. The number of para-hydroxylation sites is 1. The minimum Gasteiger partial charge on any atom is -0.481 e. The number of hydrogen-bond donors (Lipinski definition) is 2. The Morgan fingerprint density at radius 1 is 1.48 bits per heavy atom. The molecule has 1 aliphatic rings. The van der Waals surface area contributed by atoms with E-state index in [2.05, 4.69) is 0 Å². The molecule has 0 bridgehead atoms. The number of carboxylic acids is 1. The molecule has 1 amide bonds. The van der Waals surface area contributed by atoms with E-state index in [0.717, 1.165) is 17.0 Å². The molecule has 3 N–H and O–H groups in total. The summed E-state index contributed by atoms with van der Waals surface area (Å²) in [5.74, 6) is -0.295. The lowest BCUT2D eigenvalue weighted by Gasteiger charge is -2.21. The highest BCUT2D eigenvalue weighted by molar-refractivity contribution is 7.98. The van der Waals surface area contributed by atoms with Gasteiger partial charge in [0.15, 0.2) is 0 Å². The molecule has 1 aromatic rings. The first-order valence-corrected chi connectivity index (χ1v) is 8.30. The third kappa shape index (κ3) is 3.57. The molecule has 0 fully saturated rings. The third-order valence-electron chi connectivity index (χ3n) is 3.71. The fraction of sp³-hybridized carbons (Fsp3) is 0.467. The summed E-state index contributed by atoms with van der Waals surface area (Å²) in [7, 11) is 0. The van der Waals surface area contributed by atoms with Crippen LogP contribution in [0.5, 0.6) is 0 Å². The van der Waals surface area contributed by atoms with Crippen molar-refractivity contribution in [1.29, 1.82) is 0 Å². The number of amides is 1. The molecular formula is C15H20N2O3S. The van der Waals surface area contributed by atoms with Crippen LogP contribution in [-0.2, 0) is 9.59 Å². The van der Waals surface area contributed by atoms with Gasteiger partial charge in [-0.25, -0.2) is 0 Å². The van der Waals surface area contributed by atoms with Crippen LogP contribution >= 0.6 is 11.8 Å². The van der Waals surface area contributed by atoms with E-state index in [1.165, 1.54) is 0 Å². The summed E-state index contributed by atoms with van der Waals surface area (Å²) in [6, 6.07) is 6.94. The maximum Gasteiger partial charge on any atom is 0.304 e. The van der Waals surface area contributed by atoms with Gasteiger partial charge in [-0.05, 0) is 30.1 Å². The van der Waals surface area contributed by atoms with Crippen LogP contribution in [0.1, 0.15) is 24.3 Å². The monoisotopic (exact) mass is 308 g/mol. The molecule has 1 aromatic carbocycles. The largest absolute Gasteiger partial charge is 0.481 e. The number of carboxylic acid groups (broad SMARTS) is 1. The number of carbonyl (C=O) groups excluding carboxylic acids is 1. The Hall–Kier alpha value is -1.53. The molecule has 6 heteroatoms. The second-order valence-electron chi connectivity index (χ2n) is 5.19. The normalized spacial score (nSPS) is 18.4. The van der Waals surface area contributed by atoms with E-state index in [9.17, 15) is 9.59 Å². The van der Waals surface area contributed by atoms with Crippen LogP contribution in [0.2, 0.25) is 0 Å². The Labute approximate surface area is 128 Å². The molecule has 0 aliphatic carbocycles. The molecule has 0 radical (unpaired) electrons. The predicted octanol–water partition coefficient (Wildman–Crippen LogP) is 1.67. The van der Waals surface area contributed by atoms with Gasteiger partial charge in [0.1, 0.15) is 0 Å². The number of rotatable bonds is 6. The fourth-order valence-electron chi connectivity index (χ4n) is 2.66. The third-order valence-corrected chi connectivity index (χ3v) is 4.35. The van der Waals surface area contributed by atoms with Crippen molar-refractivity contribution in [1.82, 2.24) is 0 Å². The van der Waals surface area contributed by atoms with Gasteiger partial charge >= 0.3 is 5.97 Å². The van der Waals surface area contributed by atoms with E-state index in [-0.39, 0.29) is 18.2 Å². The first-order chi connectivity index (χ1) is 10.0. The standard InChI is InChI=1S/C15H20N2O3S/c1-21-7-6-12(16)15(20)17-9-10(8-14(18)19)11-4-2-3-5-13(11)17/h2-5,10,12H,6-9,16H2,1H3,(H,18,19)/t10?,12-/m1/s1. The molecular weight excluding hydrogens is 288 g/mol. The topological polar surface area (TPSA) is 83.6 Å². The SMILES string of the molecule is CSCC[C@@H](N)C(=O)N1CC(CC(=O)O)c2ccccc21. The van der Waals surface area contributed by atoms with Gasteiger partial charge in [0, 0.05) is 18.2 Å². The van der Waals surface area contributed by atoms with Crippen molar-refractivity contribution < 1.29 is 14.7 Å². The number of anilines is 1. The van der Waals surface area contributed by atoms with Crippen LogP contribution in [0.15, 0.2) is 24.3 Å². The first kappa shape index (κ1) is 15.9. The maximum atomic E-state index is 12.5. The molecule has 5 nitrogen and oxygen atoms in total. The van der Waals surface area contributed by atoms with Crippen LogP contribution in [-0.4, -0.2) is 41.6 Å². The Kier molecular flexibility index (Phi) is 5.25. The van der Waals surface area contributed by atoms with Crippen LogP contribution < -0.4 is 10.6 Å². The Morgan fingerprint density at radius 3 is 2.86 bits per heavy atom. The van der Waals surface area contributed by atoms with Gasteiger partial charge < -0.3 is 15.7 Å². The van der Waals surface area contributed by atoms with Crippen LogP contribution in [0.4, 0.5) is 5.69 Å². The Morgan fingerprint density at radius 2 is 2.19 bits per heavy atom. The molecule has 0 saturated heterocycles. The summed E-state index contributed by atoms with van der Waals surface area (Å²) >= 11 is 1.66. The average Bonchev–Trinajstić information content (AvgIpc) is 2.82. The quantitative estimate of drug-likeness (QED) is 0.835. The number of carbonyl (C=O) groups is 2. The van der Waals surface area contributed by atoms with E-state index < -0.39 is 12.0 Å². The van der Waals surface area contributed by atoms with Crippen molar-refractivity contribution in [2.45, 2.75) is 24.8 Å². The van der Waals surface area contributed by atoms with Gasteiger partial charge in [-0.2, -0.15) is 11.8 Å². The number of nitrogens with zero attached hydrogens (tertiary/aromatic N) is 1. The van der Waals surface area contributed by atoms with Gasteiger partial charge in [0.2, 0.25) is 5.91 Å². The maximum absolute atomic E-state index is 12.5. The van der Waals surface area contributed by atoms with E-state index in [4.69, 9.17) is 10.8 Å². The zero-order valence-electron chi connectivity index (χ0n) is 12.0. The molecule has 1 unspecified atom stereocenters. The number of thioether (sulfide) groups is 1. The minimum absolute atomic E-state index is 0.0286. The lowest BCUT2D eigenvalue weighted by atomic mass is 9.98. The smallest absolute Gasteiger partial charge is 0.304 e. The second-order valence-corrected chi connectivity index (χ2v) is 6.18. The van der Waals surface area contributed by atoms with Gasteiger partial charge in [-0.15, -0.1) is 0 Å². The summed E-state index contributed by atoms with van der Waals surface area (Å²) < 4.78 is 0. The predicted molar refractivity (Wildman–Crippen MR) is 84.8 cm³/mol. The molecule has 2 rings (SSSR count). The van der Waals surface area contributed by atoms with E-state index >= 15 is 0 Å². The Balaban J connectivity index is 2.18. The summed E-state index contributed by atoms with van der Waals surface area (Å²) in [6.07, 6.45) is 2.63. The fourth-order valence-corrected chi connectivity index (χ4v) is 3.15. The molecule has 21 heavy (non-hydrogen) atoms. The molecule has 2 atom stereocenters. The summed E-state index contributed by atoms with van der Waals surface area (Å²) in [5.41, 5.74) is 7.69. The van der Waals surface area contributed by atoms with Gasteiger partial charge in [-0.3, -0.25) is 9.59 Å². The van der Waals surface area contributed by atoms with E-state index in [1.807, 2.05) is 30.5 Å². The van der Waals surface area contributed by atoms with Crippen molar-refractivity contribution in [3.8, 4) is 0 Å². The van der Waals surface area contributed by atoms with E-state index in [0.29, 0.717) is 13.0 Å². The zero-order chi connectivity index (χ0) is 15.4. The van der Waals surface area contributed by atoms with Gasteiger partial charge in [-0.1, -0.05) is 18.2 Å². The molecule has 114 valence electrons. The number of nitrogens with two attached hydrogens (primary N) is 1. The molecule has 1 aliphatic heterocycles. The summed E-state index contributed by atoms with van der Waals surface area (Å²) in [5, 5.41) is 9.02. The van der Waals surface area contributed by atoms with Crippen molar-refractivity contribution in [3.05, 3.63) is 29.8 Å². The molecule has 1 heterocycles. The highest BCUT2D eigenvalue weighted by atomic mass is 32.2. The minimum atomic E-state index is -0.851. The van der Waals surface area contributed by atoms with Crippen molar-refractivity contribution in [2.75, 3.05) is 23.5 Å². The lowest BCUT2D eigenvalue weighted by molar-refractivity contribution is -0.137. The van der Waals surface area contributed by atoms with Crippen molar-refractivity contribution >= 4 is 29.3 Å². The van der Waals surface area contributed by atoms with Gasteiger partial charge in [0.25, 0.3) is 0 Å².